The lowest BCUT2D eigenvalue weighted by atomic mass is 10.2. The number of aromatic nitrogens is 4. The van der Waals surface area contributed by atoms with Gasteiger partial charge in [-0.3, -0.25) is 0 Å². The fraction of sp³-hybridized carbons (Fsp3) is 0.143. The Kier molecular flexibility index (Phi) is 3.49. The number of carboxylic acids is 1. The number of nitrogens with zero attached hydrogens (tertiary/aromatic N) is 4. The highest BCUT2D eigenvalue weighted by Gasteiger charge is 2.10. The van der Waals surface area contributed by atoms with Crippen LogP contribution in [0, 0.1) is 6.92 Å². The summed E-state index contributed by atoms with van der Waals surface area (Å²) in [7, 11) is 0. The highest BCUT2D eigenvalue weighted by molar-refractivity contribution is 7.13. The van der Waals surface area contributed by atoms with E-state index >= 15 is 0 Å². The van der Waals surface area contributed by atoms with Gasteiger partial charge in [0, 0.05) is 10.9 Å². The summed E-state index contributed by atoms with van der Waals surface area (Å²) in [6, 6.07) is 8.17. The highest BCUT2D eigenvalue weighted by Crippen LogP contribution is 2.24. The van der Waals surface area contributed by atoms with Gasteiger partial charge in [0.2, 0.25) is 0 Å². The van der Waals surface area contributed by atoms with Crippen LogP contribution >= 0.6 is 11.3 Å². The van der Waals surface area contributed by atoms with Crippen LogP contribution in [0.25, 0.3) is 10.6 Å². The number of hydrogen-bond donors (Lipinski definition) is 1. The Labute approximate surface area is 124 Å². The molecule has 0 fully saturated rings. The van der Waals surface area contributed by atoms with E-state index in [2.05, 4.69) is 15.3 Å². The number of carbonyl (C=O) groups is 1. The van der Waals surface area contributed by atoms with E-state index in [0.29, 0.717) is 6.54 Å². The zero-order chi connectivity index (χ0) is 14.8. The molecule has 7 heteroatoms. The molecule has 0 saturated carbocycles. The third-order valence-corrected chi connectivity index (χ3v) is 3.87. The second-order valence-electron chi connectivity index (χ2n) is 4.62. The number of carboxylic acid groups (broad SMARTS) is 1. The summed E-state index contributed by atoms with van der Waals surface area (Å²) < 4.78 is 1.47. The molecule has 21 heavy (non-hydrogen) atoms. The summed E-state index contributed by atoms with van der Waals surface area (Å²) in [6.07, 6.45) is 1.40. The third-order valence-electron chi connectivity index (χ3n) is 2.93. The molecule has 0 radical (unpaired) electrons. The molecule has 0 aliphatic rings. The first kappa shape index (κ1) is 13.4. The summed E-state index contributed by atoms with van der Waals surface area (Å²) in [6.45, 7) is 2.45. The van der Waals surface area contributed by atoms with Crippen molar-refractivity contribution in [3.05, 3.63) is 52.8 Å². The molecule has 106 valence electrons. The topological polar surface area (TPSA) is 80.9 Å². The van der Waals surface area contributed by atoms with E-state index in [9.17, 15) is 4.79 Å². The molecule has 3 aromatic rings. The average Bonchev–Trinajstić information content (AvgIpc) is 3.10. The van der Waals surface area contributed by atoms with Gasteiger partial charge in [-0.15, -0.1) is 16.4 Å². The van der Waals surface area contributed by atoms with Gasteiger partial charge in [-0.05, 0) is 6.92 Å². The lowest BCUT2D eigenvalue weighted by Crippen LogP contribution is -2.00. The molecule has 1 aromatic carbocycles. The van der Waals surface area contributed by atoms with E-state index in [0.717, 1.165) is 16.3 Å². The maximum atomic E-state index is 10.8. The predicted molar refractivity (Wildman–Crippen MR) is 78.4 cm³/mol. The average molecular weight is 300 g/mol. The van der Waals surface area contributed by atoms with Crippen molar-refractivity contribution in [2.75, 3.05) is 0 Å². The molecule has 0 bridgehead atoms. The monoisotopic (exact) mass is 300 g/mol. The first-order valence-electron chi connectivity index (χ1n) is 6.27. The lowest BCUT2D eigenvalue weighted by molar-refractivity contribution is 0.0690. The van der Waals surface area contributed by atoms with Gasteiger partial charge in [0.15, 0.2) is 5.69 Å². The van der Waals surface area contributed by atoms with Crippen molar-refractivity contribution >= 4 is 17.3 Å². The fourth-order valence-electron chi connectivity index (χ4n) is 1.85. The maximum Gasteiger partial charge on any atom is 0.358 e. The van der Waals surface area contributed by atoms with Crippen molar-refractivity contribution in [3.63, 3.8) is 0 Å². The number of hydrogen-bond acceptors (Lipinski definition) is 5. The van der Waals surface area contributed by atoms with Gasteiger partial charge in [-0.2, -0.15) is 0 Å². The van der Waals surface area contributed by atoms with E-state index in [4.69, 9.17) is 5.11 Å². The summed E-state index contributed by atoms with van der Waals surface area (Å²) in [5, 5.41) is 19.0. The Hall–Kier alpha value is -2.54. The zero-order valence-corrected chi connectivity index (χ0v) is 12.0. The SMILES string of the molecule is Cc1ccc(-c2nc(Cn3cc(C(=O)O)nn3)cs2)cc1. The van der Waals surface area contributed by atoms with Gasteiger partial charge in [0.1, 0.15) is 5.01 Å². The first-order valence-corrected chi connectivity index (χ1v) is 7.14. The number of aromatic carboxylic acids is 1. The summed E-state index contributed by atoms with van der Waals surface area (Å²) in [5.41, 5.74) is 3.04. The molecule has 0 amide bonds. The molecular formula is C14H12N4O2S. The molecule has 0 aliphatic heterocycles. The predicted octanol–water partition coefficient (Wildman–Crippen LogP) is 2.46. The molecule has 0 atom stereocenters. The van der Waals surface area contributed by atoms with Crippen molar-refractivity contribution in [2.24, 2.45) is 0 Å². The standard InChI is InChI=1S/C14H12N4O2S/c1-9-2-4-10(5-3-9)13-15-11(8-21-13)6-18-7-12(14(19)20)16-17-18/h2-5,7-8H,6H2,1H3,(H,19,20). The summed E-state index contributed by atoms with van der Waals surface area (Å²) >= 11 is 1.55. The van der Waals surface area contributed by atoms with Crippen LogP contribution in [0.15, 0.2) is 35.8 Å². The Bertz CT molecular complexity index is 776. The molecule has 0 aliphatic carbocycles. The number of benzene rings is 1. The van der Waals surface area contributed by atoms with Crippen LogP contribution in [0.2, 0.25) is 0 Å². The van der Waals surface area contributed by atoms with E-state index in [1.807, 2.05) is 36.6 Å². The van der Waals surface area contributed by atoms with Crippen LogP contribution < -0.4 is 0 Å². The van der Waals surface area contributed by atoms with E-state index < -0.39 is 5.97 Å². The van der Waals surface area contributed by atoms with Crippen molar-refractivity contribution < 1.29 is 9.90 Å². The normalized spacial score (nSPS) is 10.7. The Morgan fingerprint density at radius 1 is 1.33 bits per heavy atom. The van der Waals surface area contributed by atoms with Gasteiger partial charge >= 0.3 is 5.97 Å². The fourth-order valence-corrected chi connectivity index (χ4v) is 2.67. The quantitative estimate of drug-likeness (QED) is 0.800. The molecule has 0 unspecified atom stereocenters. The van der Waals surface area contributed by atoms with Crippen molar-refractivity contribution in [2.45, 2.75) is 13.5 Å². The van der Waals surface area contributed by atoms with Crippen LogP contribution in [0.5, 0.6) is 0 Å². The molecule has 0 saturated heterocycles. The number of thiazole rings is 1. The summed E-state index contributed by atoms with van der Waals surface area (Å²) in [4.78, 5) is 15.3. The number of rotatable bonds is 4. The molecule has 6 nitrogen and oxygen atoms in total. The molecule has 3 rings (SSSR count). The van der Waals surface area contributed by atoms with Crippen molar-refractivity contribution in [1.82, 2.24) is 20.0 Å². The van der Waals surface area contributed by atoms with Gasteiger partial charge < -0.3 is 5.11 Å². The van der Waals surface area contributed by atoms with E-state index in [1.165, 1.54) is 16.4 Å². The van der Waals surface area contributed by atoms with E-state index in [-0.39, 0.29) is 5.69 Å². The van der Waals surface area contributed by atoms with Crippen LogP contribution in [0.3, 0.4) is 0 Å². The largest absolute Gasteiger partial charge is 0.476 e. The molecular weight excluding hydrogens is 288 g/mol. The van der Waals surface area contributed by atoms with Gasteiger partial charge in [0.05, 0.1) is 18.4 Å². The van der Waals surface area contributed by atoms with Crippen LogP contribution in [0.4, 0.5) is 0 Å². The van der Waals surface area contributed by atoms with E-state index in [1.54, 1.807) is 11.3 Å². The Balaban J connectivity index is 1.78. The number of aryl methyl sites for hydroxylation is 1. The van der Waals surface area contributed by atoms with Crippen molar-refractivity contribution in [3.8, 4) is 10.6 Å². The van der Waals surface area contributed by atoms with Crippen LogP contribution in [-0.2, 0) is 6.54 Å². The van der Waals surface area contributed by atoms with Gasteiger partial charge in [-0.1, -0.05) is 35.0 Å². The zero-order valence-electron chi connectivity index (χ0n) is 11.2. The smallest absolute Gasteiger partial charge is 0.358 e. The Morgan fingerprint density at radius 2 is 2.10 bits per heavy atom. The molecule has 2 aromatic heterocycles. The first-order chi connectivity index (χ1) is 10.1. The van der Waals surface area contributed by atoms with Crippen molar-refractivity contribution in [1.29, 1.82) is 0 Å². The molecule has 1 N–H and O–H groups in total. The molecule has 0 spiro atoms. The Morgan fingerprint density at radius 3 is 2.76 bits per heavy atom. The lowest BCUT2D eigenvalue weighted by Gasteiger charge is -1.97. The minimum absolute atomic E-state index is 0.0658. The minimum Gasteiger partial charge on any atom is -0.476 e. The van der Waals surface area contributed by atoms with Gasteiger partial charge in [-0.25, -0.2) is 14.5 Å². The minimum atomic E-state index is -1.08. The molecule has 2 heterocycles. The highest BCUT2D eigenvalue weighted by atomic mass is 32.1. The van der Waals surface area contributed by atoms with Crippen LogP contribution in [-0.4, -0.2) is 31.1 Å². The maximum absolute atomic E-state index is 10.8. The second kappa shape index (κ2) is 5.45. The van der Waals surface area contributed by atoms with Crippen LogP contribution in [0.1, 0.15) is 21.7 Å². The summed E-state index contributed by atoms with van der Waals surface area (Å²) in [5.74, 6) is -1.08. The second-order valence-corrected chi connectivity index (χ2v) is 5.47. The van der Waals surface area contributed by atoms with Gasteiger partial charge in [0.25, 0.3) is 0 Å². The third kappa shape index (κ3) is 2.97.